The number of likely N-dealkylation sites (N-methyl/N-ethyl adjacent to an activating group) is 1. The number of hydrogen-bond donors (Lipinski definition) is 3. The number of H-pyrrole nitrogens is 1. The molecule has 3 aromatic rings. The molecule has 0 bridgehead atoms. The number of ketones is 1. The van der Waals surface area contributed by atoms with E-state index in [2.05, 4.69) is 10.3 Å². The lowest BCUT2D eigenvalue weighted by Gasteiger charge is -2.18. The number of aromatic amines is 1. The molecule has 0 saturated carbocycles. The number of hydrogen-bond acceptors (Lipinski definition) is 4. The smallest absolute Gasteiger partial charge is 0.407 e. The summed E-state index contributed by atoms with van der Waals surface area (Å²) in [6.45, 7) is 1.01. The number of halogens is 2. The molecule has 8 nitrogen and oxygen atoms in total. The molecule has 166 valence electrons. The van der Waals surface area contributed by atoms with Gasteiger partial charge in [0.15, 0.2) is 5.78 Å². The van der Waals surface area contributed by atoms with Crippen LogP contribution < -0.4 is 10.9 Å². The van der Waals surface area contributed by atoms with Gasteiger partial charge in [0, 0.05) is 24.2 Å². The first kappa shape index (κ1) is 22.6. The zero-order chi connectivity index (χ0) is 23.6. The number of fused-ring (bicyclic) bond motifs is 1. The van der Waals surface area contributed by atoms with Crippen LogP contribution in [0.25, 0.3) is 10.8 Å². The third-order valence-corrected chi connectivity index (χ3v) is 4.94. The Labute approximate surface area is 180 Å². The van der Waals surface area contributed by atoms with Crippen LogP contribution in [0.15, 0.2) is 47.4 Å². The van der Waals surface area contributed by atoms with Crippen LogP contribution in [0.3, 0.4) is 0 Å². The van der Waals surface area contributed by atoms with Crippen LogP contribution in [-0.4, -0.2) is 46.4 Å². The average molecular weight is 443 g/mol. The van der Waals surface area contributed by atoms with Crippen LogP contribution in [0.5, 0.6) is 0 Å². The molecule has 0 spiro atoms. The van der Waals surface area contributed by atoms with E-state index in [1.165, 1.54) is 44.4 Å². The van der Waals surface area contributed by atoms with Gasteiger partial charge in [-0.1, -0.05) is 12.1 Å². The van der Waals surface area contributed by atoms with Crippen LogP contribution in [-0.2, 0) is 4.79 Å². The van der Waals surface area contributed by atoms with Crippen molar-refractivity contribution in [1.82, 2.24) is 15.2 Å². The van der Waals surface area contributed by atoms with Crippen molar-refractivity contribution >= 4 is 28.6 Å². The fourth-order valence-electron chi connectivity index (χ4n) is 3.27. The Morgan fingerprint density at radius 3 is 2.41 bits per heavy atom. The summed E-state index contributed by atoms with van der Waals surface area (Å²) >= 11 is 0. The van der Waals surface area contributed by atoms with Crippen molar-refractivity contribution in [2.24, 2.45) is 0 Å². The lowest BCUT2D eigenvalue weighted by atomic mass is 9.95. The number of amides is 2. The molecule has 0 saturated heterocycles. The van der Waals surface area contributed by atoms with E-state index in [9.17, 15) is 28.0 Å². The number of carbonyl (C=O) groups excluding carboxylic acids is 2. The molecule has 0 aliphatic rings. The van der Waals surface area contributed by atoms with E-state index < -0.39 is 53.1 Å². The summed E-state index contributed by atoms with van der Waals surface area (Å²) < 4.78 is 29.6. The number of pyridine rings is 1. The molecule has 0 radical (unpaired) electrons. The van der Waals surface area contributed by atoms with Gasteiger partial charge in [-0.2, -0.15) is 0 Å². The van der Waals surface area contributed by atoms with Crippen molar-refractivity contribution in [3.05, 3.63) is 81.3 Å². The van der Waals surface area contributed by atoms with E-state index in [1.807, 2.05) is 0 Å². The number of aromatic nitrogens is 1. The second kappa shape index (κ2) is 8.96. The second-order valence-corrected chi connectivity index (χ2v) is 7.19. The SMILES string of the molecule is CC(NC(=O)CN(C)C(=O)O)c1cc(F)c(C(=O)c2cccc3c(=O)[nH]ccc23)c(F)c1. The fourth-order valence-corrected chi connectivity index (χ4v) is 3.27. The summed E-state index contributed by atoms with van der Waals surface area (Å²) in [6.07, 6.45) is 0.0341. The quantitative estimate of drug-likeness (QED) is 0.506. The van der Waals surface area contributed by atoms with Gasteiger partial charge in [0.2, 0.25) is 5.91 Å². The van der Waals surface area contributed by atoms with Gasteiger partial charge in [-0.25, -0.2) is 13.6 Å². The van der Waals surface area contributed by atoms with Gasteiger partial charge in [-0.3, -0.25) is 14.4 Å². The van der Waals surface area contributed by atoms with E-state index >= 15 is 0 Å². The maximum absolute atomic E-state index is 14.8. The monoisotopic (exact) mass is 443 g/mol. The minimum absolute atomic E-state index is 0.0304. The summed E-state index contributed by atoms with van der Waals surface area (Å²) in [6, 6.07) is 6.79. The molecule has 2 aromatic carbocycles. The first-order chi connectivity index (χ1) is 15.1. The Bertz CT molecular complexity index is 1270. The highest BCUT2D eigenvalue weighted by Crippen LogP contribution is 2.25. The highest BCUT2D eigenvalue weighted by molar-refractivity contribution is 6.16. The molecule has 3 rings (SSSR count). The molecule has 1 aromatic heterocycles. The fraction of sp³-hybridized carbons (Fsp3) is 0.182. The molecule has 0 fully saturated rings. The normalized spacial score (nSPS) is 11.8. The van der Waals surface area contributed by atoms with Gasteiger partial charge in [-0.15, -0.1) is 0 Å². The molecule has 1 atom stereocenters. The van der Waals surface area contributed by atoms with Crippen LogP contribution in [0, 0.1) is 11.6 Å². The van der Waals surface area contributed by atoms with E-state index in [0.29, 0.717) is 0 Å². The number of carbonyl (C=O) groups is 3. The van der Waals surface area contributed by atoms with E-state index in [1.54, 1.807) is 0 Å². The Morgan fingerprint density at radius 1 is 1.12 bits per heavy atom. The van der Waals surface area contributed by atoms with Crippen LogP contribution in [0.2, 0.25) is 0 Å². The molecular weight excluding hydrogens is 424 g/mol. The number of benzene rings is 2. The molecule has 10 heteroatoms. The number of carboxylic acid groups (broad SMARTS) is 1. The molecule has 0 aliphatic carbocycles. The van der Waals surface area contributed by atoms with Gasteiger partial charge in [-0.05, 0) is 42.1 Å². The molecule has 0 aliphatic heterocycles. The summed E-state index contributed by atoms with van der Waals surface area (Å²) in [5.41, 5.74) is -1.20. The van der Waals surface area contributed by atoms with Gasteiger partial charge in [0.25, 0.3) is 5.56 Å². The predicted octanol–water partition coefficient (Wildman–Crippen LogP) is 2.82. The zero-order valence-corrected chi connectivity index (χ0v) is 17.1. The predicted molar refractivity (Wildman–Crippen MR) is 112 cm³/mol. The highest BCUT2D eigenvalue weighted by atomic mass is 19.1. The third-order valence-electron chi connectivity index (χ3n) is 4.94. The molecule has 32 heavy (non-hydrogen) atoms. The topological polar surface area (TPSA) is 120 Å². The number of nitrogens with zero attached hydrogens (tertiary/aromatic N) is 1. The van der Waals surface area contributed by atoms with Gasteiger partial charge in [0.1, 0.15) is 18.2 Å². The maximum Gasteiger partial charge on any atom is 0.407 e. The summed E-state index contributed by atoms with van der Waals surface area (Å²) in [5.74, 6) is -3.85. The Balaban J connectivity index is 1.90. The molecule has 1 heterocycles. The number of rotatable bonds is 6. The maximum atomic E-state index is 14.8. The first-order valence-electron chi connectivity index (χ1n) is 9.47. The molecule has 1 unspecified atom stereocenters. The van der Waals surface area contributed by atoms with Crippen molar-refractivity contribution in [2.45, 2.75) is 13.0 Å². The Hall–Kier alpha value is -4.08. The van der Waals surface area contributed by atoms with E-state index in [-0.39, 0.29) is 21.9 Å². The molecule has 3 N–H and O–H groups in total. The average Bonchev–Trinajstić information content (AvgIpc) is 2.72. The third kappa shape index (κ3) is 4.48. The summed E-state index contributed by atoms with van der Waals surface area (Å²) in [5, 5.41) is 11.7. The van der Waals surface area contributed by atoms with Crippen molar-refractivity contribution in [3.63, 3.8) is 0 Å². The van der Waals surface area contributed by atoms with Gasteiger partial charge >= 0.3 is 6.09 Å². The highest BCUT2D eigenvalue weighted by Gasteiger charge is 2.24. The van der Waals surface area contributed by atoms with E-state index in [0.717, 1.165) is 17.0 Å². The number of nitrogens with one attached hydrogen (secondary N) is 2. The lowest BCUT2D eigenvalue weighted by molar-refractivity contribution is -0.122. The summed E-state index contributed by atoms with van der Waals surface area (Å²) in [7, 11) is 1.20. The van der Waals surface area contributed by atoms with Crippen molar-refractivity contribution in [3.8, 4) is 0 Å². The Kier molecular flexibility index (Phi) is 6.33. The van der Waals surface area contributed by atoms with E-state index in [4.69, 9.17) is 5.11 Å². The van der Waals surface area contributed by atoms with Crippen molar-refractivity contribution < 1.29 is 28.3 Å². The molecule has 2 amide bonds. The zero-order valence-electron chi connectivity index (χ0n) is 17.1. The summed E-state index contributed by atoms with van der Waals surface area (Å²) in [4.78, 5) is 50.8. The molecular formula is C22H19F2N3O5. The Morgan fingerprint density at radius 2 is 1.78 bits per heavy atom. The van der Waals surface area contributed by atoms with Crippen LogP contribution in [0.1, 0.15) is 34.5 Å². The first-order valence-corrected chi connectivity index (χ1v) is 9.47. The standard InChI is InChI=1S/C22H19F2N3O5/c1-11(26-18(28)10-27(2)22(31)32)12-8-16(23)19(17(24)9-12)20(29)14-4-3-5-15-13(14)6-7-25-21(15)30/h3-9,11H,10H2,1-2H3,(H,25,30)(H,26,28)(H,31,32). The van der Waals surface area contributed by atoms with Crippen molar-refractivity contribution in [2.75, 3.05) is 13.6 Å². The lowest BCUT2D eigenvalue weighted by Crippen LogP contribution is -2.38. The van der Waals surface area contributed by atoms with Crippen molar-refractivity contribution in [1.29, 1.82) is 0 Å². The second-order valence-electron chi connectivity index (χ2n) is 7.19. The largest absolute Gasteiger partial charge is 0.465 e. The van der Waals surface area contributed by atoms with Gasteiger partial charge in [0.05, 0.1) is 11.6 Å². The minimum Gasteiger partial charge on any atom is -0.465 e. The van der Waals surface area contributed by atoms with Gasteiger partial charge < -0.3 is 20.3 Å². The van der Waals surface area contributed by atoms with Crippen LogP contribution >= 0.6 is 0 Å². The van der Waals surface area contributed by atoms with Crippen LogP contribution in [0.4, 0.5) is 13.6 Å². The minimum atomic E-state index is -1.30.